The predicted octanol–water partition coefficient (Wildman–Crippen LogP) is 5.61. The second kappa shape index (κ2) is 8.70. The number of aliphatic imine (C=N–C) groups is 1. The van der Waals surface area contributed by atoms with E-state index in [1.165, 1.54) is 4.88 Å². The van der Waals surface area contributed by atoms with Gasteiger partial charge in [-0.15, -0.1) is 23.1 Å². The Kier molecular flexibility index (Phi) is 5.74. The molecule has 0 amide bonds. The van der Waals surface area contributed by atoms with Crippen molar-refractivity contribution in [1.29, 1.82) is 0 Å². The van der Waals surface area contributed by atoms with Crippen LogP contribution in [-0.2, 0) is 0 Å². The monoisotopic (exact) mass is 495 g/mol. The number of hydrogen-bond acceptors (Lipinski definition) is 6. The molecule has 0 saturated heterocycles. The number of aromatic amines is 1. The maximum absolute atomic E-state index is 12.9. The number of thiophene rings is 1. The van der Waals surface area contributed by atoms with Crippen molar-refractivity contribution in [3.8, 4) is 11.6 Å². The average molecular weight is 496 g/mol. The summed E-state index contributed by atoms with van der Waals surface area (Å²) in [4.78, 5) is 36.0. The van der Waals surface area contributed by atoms with Gasteiger partial charge in [0.1, 0.15) is 5.56 Å². The molecule has 1 atom stereocenters. The Morgan fingerprint density at radius 1 is 1.12 bits per heavy atom. The fraction of sp³-hybridized carbons (Fsp3) is 0.125. The van der Waals surface area contributed by atoms with Crippen LogP contribution in [-0.4, -0.2) is 20.4 Å². The second-order valence-corrected chi connectivity index (χ2v) is 10.6. The fourth-order valence-corrected chi connectivity index (χ4v) is 6.26. The Bertz CT molecular complexity index is 1520. The molecule has 5 rings (SSSR count). The van der Waals surface area contributed by atoms with E-state index in [2.05, 4.69) is 24.0 Å². The number of benzene rings is 2. The number of fused-ring (bicyclic) bond motifs is 1. The fourth-order valence-electron chi connectivity index (χ4n) is 3.79. The molecule has 1 aliphatic rings. The predicted molar refractivity (Wildman–Crippen MR) is 134 cm³/mol. The number of aromatic hydroxyl groups is 1. The van der Waals surface area contributed by atoms with Crippen molar-refractivity contribution in [1.82, 2.24) is 9.55 Å². The van der Waals surface area contributed by atoms with Crippen molar-refractivity contribution in [2.24, 2.45) is 4.99 Å². The van der Waals surface area contributed by atoms with Gasteiger partial charge in [0.05, 0.1) is 17.1 Å². The number of halogens is 1. The Balaban J connectivity index is 1.72. The summed E-state index contributed by atoms with van der Waals surface area (Å²) in [5, 5.41) is 11.6. The zero-order chi connectivity index (χ0) is 23.1. The van der Waals surface area contributed by atoms with Gasteiger partial charge in [-0.2, -0.15) is 0 Å². The first-order valence-corrected chi connectivity index (χ1v) is 12.2. The highest BCUT2D eigenvalue weighted by molar-refractivity contribution is 7.99. The van der Waals surface area contributed by atoms with Gasteiger partial charge in [-0.3, -0.25) is 14.8 Å². The summed E-state index contributed by atoms with van der Waals surface area (Å²) in [6, 6.07) is 18.4. The first kappa shape index (κ1) is 21.8. The quantitative estimate of drug-likeness (QED) is 0.386. The van der Waals surface area contributed by atoms with Crippen molar-refractivity contribution in [3.63, 3.8) is 0 Å². The van der Waals surface area contributed by atoms with Gasteiger partial charge in [-0.05, 0) is 49.4 Å². The van der Waals surface area contributed by atoms with Gasteiger partial charge < -0.3 is 5.11 Å². The number of nitrogens with zero attached hydrogens (tertiary/aromatic N) is 2. The highest BCUT2D eigenvalue weighted by Gasteiger charge is 2.28. The number of rotatable bonds is 3. The number of nitrogens with one attached hydrogen (secondary N) is 1. The summed E-state index contributed by atoms with van der Waals surface area (Å²) in [5.74, 6) is -0.463. The minimum atomic E-state index is -0.752. The summed E-state index contributed by atoms with van der Waals surface area (Å²) >= 11 is 9.46. The van der Waals surface area contributed by atoms with Crippen LogP contribution in [0.15, 0.2) is 80.1 Å². The van der Waals surface area contributed by atoms with Crippen LogP contribution in [0.5, 0.6) is 5.88 Å². The van der Waals surface area contributed by atoms with Gasteiger partial charge in [0, 0.05) is 31.3 Å². The third-order valence-electron chi connectivity index (χ3n) is 5.29. The number of thioether (sulfide) groups is 1. The van der Waals surface area contributed by atoms with Gasteiger partial charge in [0.15, 0.2) is 0 Å². The van der Waals surface area contributed by atoms with Crippen LogP contribution in [0.3, 0.4) is 0 Å². The summed E-state index contributed by atoms with van der Waals surface area (Å²) in [7, 11) is 0. The zero-order valence-corrected chi connectivity index (χ0v) is 19.8. The van der Waals surface area contributed by atoms with E-state index < -0.39 is 17.1 Å². The molecule has 1 unspecified atom stereocenters. The Hall–Kier alpha value is -3.07. The molecule has 0 radical (unpaired) electrons. The topological polar surface area (TPSA) is 87.5 Å². The smallest absolute Gasteiger partial charge is 0.335 e. The third kappa shape index (κ3) is 4.17. The van der Waals surface area contributed by atoms with E-state index in [9.17, 15) is 14.7 Å². The Morgan fingerprint density at radius 3 is 2.70 bits per heavy atom. The molecule has 166 valence electrons. The summed E-state index contributed by atoms with van der Waals surface area (Å²) in [5.41, 5.74) is 0.0191. The normalized spacial score (nSPS) is 15.6. The molecule has 0 spiro atoms. The van der Waals surface area contributed by atoms with Crippen LogP contribution in [0.2, 0.25) is 5.02 Å². The summed E-state index contributed by atoms with van der Waals surface area (Å²) in [6.45, 7) is 2.05. The highest BCUT2D eigenvalue weighted by Crippen LogP contribution is 2.47. The first-order valence-electron chi connectivity index (χ1n) is 10.1. The van der Waals surface area contributed by atoms with Gasteiger partial charge in [-0.25, -0.2) is 9.36 Å². The molecule has 0 bridgehead atoms. The largest absolute Gasteiger partial charge is 0.493 e. The minimum Gasteiger partial charge on any atom is -0.493 e. The van der Waals surface area contributed by atoms with Crippen molar-refractivity contribution < 1.29 is 5.11 Å². The zero-order valence-electron chi connectivity index (χ0n) is 17.4. The number of H-pyrrole nitrogens is 1. The van der Waals surface area contributed by atoms with E-state index in [0.717, 1.165) is 14.3 Å². The molecule has 2 aromatic carbocycles. The highest BCUT2D eigenvalue weighted by atomic mass is 35.5. The van der Waals surface area contributed by atoms with Crippen molar-refractivity contribution in [2.45, 2.75) is 23.5 Å². The van der Waals surface area contributed by atoms with Crippen LogP contribution in [0.1, 0.15) is 27.0 Å². The first-order chi connectivity index (χ1) is 15.9. The molecular weight excluding hydrogens is 478 g/mol. The van der Waals surface area contributed by atoms with E-state index in [-0.39, 0.29) is 10.8 Å². The van der Waals surface area contributed by atoms with Crippen LogP contribution >= 0.6 is 34.7 Å². The third-order valence-corrected chi connectivity index (χ3v) is 8.09. The molecule has 6 nitrogen and oxygen atoms in total. The maximum atomic E-state index is 12.9. The molecule has 2 N–H and O–H groups in total. The molecule has 33 heavy (non-hydrogen) atoms. The van der Waals surface area contributed by atoms with E-state index >= 15 is 0 Å². The molecule has 4 aromatic rings. The lowest BCUT2D eigenvalue weighted by molar-refractivity contribution is 0.429. The molecule has 0 aliphatic carbocycles. The van der Waals surface area contributed by atoms with Crippen LogP contribution in [0.25, 0.3) is 5.69 Å². The maximum Gasteiger partial charge on any atom is 0.335 e. The Labute approximate surface area is 202 Å². The van der Waals surface area contributed by atoms with Gasteiger partial charge in [0.25, 0.3) is 5.56 Å². The van der Waals surface area contributed by atoms with Crippen molar-refractivity contribution in [2.75, 3.05) is 0 Å². The van der Waals surface area contributed by atoms with Gasteiger partial charge in [0.2, 0.25) is 5.88 Å². The lowest BCUT2D eigenvalue weighted by Gasteiger charge is -2.16. The standard InChI is InChI=1S/C24H18ClN3O3S2/c1-13-9-10-19(32-13)20-12-17(26-16-7-2-3-8-18(16)33-20)21-22(29)27-24(31)28(23(21)30)15-6-4-5-14(25)11-15/h2-11,20,30H,12H2,1H3,(H,27,29,31). The molecule has 0 fully saturated rings. The minimum absolute atomic E-state index is 0.00329. The van der Waals surface area contributed by atoms with Crippen LogP contribution in [0.4, 0.5) is 5.69 Å². The summed E-state index contributed by atoms with van der Waals surface area (Å²) in [6.07, 6.45) is 0.406. The Morgan fingerprint density at radius 2 is 1.94 bits per heavy atom. The molecule has 2 aromatic heterocycles. The number of aromatic nitrogens is 2. The van der Waals surface area contributed by atoms with Crippen molar-refractivity contribution in [3.05, 3.63) is 102 Å². The van der Waals surface area contributed by atoms with Gasteiger partial charge in [-0.1, -0.05) is 29.8 Å². The molecule has 3 heterocycles. The molecular formula is C24H18ClN3O3S2. The molecule has 1 aliphatic heterocycles. The number of hydrogen-bond donors (Lipinski definition) is 2. The lowest BCUT2D eigenvalue weighted by atomic mass is 10.1. The number of para-hydroxylation sites is 1. The van der Waals surface area contributed by atoms with E-state index in [4.69, 9.17) is 16.6 Å². The SMILES string of the molecule is Cc1ccc(C2CC(c3c(O)n(-c4cccc(Cl)c4)c(=O)[nH]c3=O)=Nc3ccccc3S2)s1. The second-order valence-electron chi connectivity index (χ2n) is 7.56. The number of aryl methyl sites for hydroxylation is 1. The van der Waals surface area contributed by atoms with Gasteiger partial charge >= 0.3 is 5.69 Å². The average Bonchev–Trinajstić information content (AvgIpc) is 3.11. The van der Waals surface area contributed by atoms with Crippen LogP contribution < -0.4 is 11.2 Å². The molecule has 9 heteroatoms. The summed E-state index contributed by atoms with van der Waals surface area (Å²) < 4.78 is 1.04. The lowest BCUT2D eigenvalue weighted by Crippen LogP contribution is -2.33. The molecule has 0 saturated carbocycles. The van der Waals surface area contributed by atoms with E-state index in [1.807, 2.05) is 24.3 Å². The van der Waals surface area contributed by atoms with E-state index in [0.29, 0.717) is 28.5 Å². The van der Waals surface area contributed by atoms with Crippen molar-refractivity contribution >= 4 is 46.1 Å². The van der Waals surface area contributed by atoms with Crippen LogP contribution in [0, 0.1) is 6.92 Å². The van der Waals surface area contributed by atoms with E-state index in [1.54, 1.807) is 47.4 Å².